The third-order valence-electron chi connectivity index (χ3n) is 3.62. The van der Waals surface area contributed by atoms with Crippen LogP contribution in [0, 0.1) is 12.8 Å². The maximum Gasteiger partial charge on any atom is 0.242 e. The number of nitrogens with one attached hydrogen (secondary N) is 1. The minimum Gasteiger partial charge on any atom is -0.359 e. The summed E-state index contributed by atoms with van der Waals surface area (Å²) in [5, 5.41) is 3.00. The summed E-state index contributed by atoms with van der Waals surface area (Å²) in [6.07, 6.45) is 0.687. The lowest BCUT2D eigenvalue weighted by atomic mass is 10.1. The summed E-state index contributed by atoms with van der Waals surface area (Å²) in [7, 11) is 0. The van der Waals surface area contributed by atoms with Crippen LogP contribution in [0.3, 0.4) is 0 Å². The minimum absolute atomic E-state index is 0.0929. The lowest BCUT2D eigenvalue weighted by Crippen LogP contribution is -2.45. The summed E-state index contributed by atoms with van der Waals surface area (Å²) in [5.41, 5.74) is 8.00. The Balaban J connectivity index is 2.29. The molecule has 2 atom stereocenters. The van der Waals surface area contributed by atoms with Crippen molar-refractivity contribution in [1.29, 1.82) is 0 Å². The first-order valence-electron chi connectivity index (χ1n) is 6.93. The number of carbonyl (C=O) groups is 1. The van der Waals surface area contributed by atoms with Crippen LogP contribution in [0.4, 0.5) is 5.69 Å². The third-order valence-corrected chi connectivity index (χ3v) is 3.62. The Morgan fingerprint density at radius 3 is 2.68 bits per heavy atom. The highest BCUT2D eigenvalue weighted by Gasteiger charge is 2.29. The molecular formula is C15H23N3O. The van der Waals surface area contributed by atoms with Crippen LogP contribution in [0.25, 0.3) is 0 Å². The molecule has 1 aromatic carbocycles. The van der Waals surface area contributed by atoms with Gasteiger partial charge in [0.2, 0.25) is 5.91 Å². The van der Waals surface area contributed by atoms with Crippen LogP contribution >= 0.6 is 0 Å². The number of amides is 1. The van der Waals surface area contributed by atoms with E-state index in [1.807, 2.05) is 0 Å². The van der Waals surface area contributed by atoms with Crippen LogP contribution in [-0.4, -0.2) is 31.6 Å². The van der Waals surface area contributed by atoms with Crippen molar-refractivity contribution in [2.45, 2.75) is 26.3 Å². The Morgan fingerprint density at radius 1 is 1.37 bits per heavy atom. The van der Waals surface area contributed by atoms with Gasteiger partial charge in [0.25, 0.3) is 0 Å². The van der Waals surface area contributed by atoms with Gasteiger partial charge < -0.3 is 16.0 Å². The fraction of sp³-hybridized carbons (Fsp3) is 0.533. The number of aryl methyl sites for hydroxylation is 1. The second-order valence-corrected chi connectivity index (χ2v) is 5.43. The van der Waals surface area contributed by atoms with Crippen molar-refractivity contribution in [1.82, 2.24) is 5.32 Å². The molecule has 0 bridgehead atoms. The number of hydrogen-bond donors (Lipinski definition) is 2. The van der Waals surface area contributed by atoms with Gasteiger partial charge in [-0.3, -0.25) is 4.79 Å². The summed E-state index contributed by atoms with van der Waals surface area (Å²) in [4.78, 5) is 14.4. The Morgan fingerprint density at radius 2 is 2.05 bits per heavy atom. The number of nitrogens with two attached hydrogens (primary N) is 1. The summed E-state index contributed by atoms with van der Waals surface area (Å²) in [6, 6.07) is 8.19. The van der Waals surface area contributed by atoms with Crippen molar-refractivity contribution in [3.05, 3.63) is 29.8 Å². The predicted octanol–water partition coefficient (Wildman–Crippen LogP) is 1.28. The Kier molecular flexibility index (Phi) is 4.43. The molecule has 1 saturated heterocycles. The number of rotatable bonds is 3. The maximum atomic E-state index is 12.2. The topological polar surface area (TPSA) is 58.4 Å². The van der Waals surface area contributed by atoms with Gasteiger partial charge >= 0.3 is 0 Å². The first kappa shape index (κ1) is 13.9. The van der Waals surface area contributed by atoms with Crippen LogP contribution in [-0.2, 0) is 4.79 Å². The van der Waals surface area contributed by atoms with Gasteiger partial charge in [-0.1, -0.05) is 24.6 Å². The molecule has 0 aromatic heterocycles. The number of nitrogens with zero attached hydrogens (tertiary/aromatic N) is 1. The third kappa shape index (κ3) is 3.26. The molecule has 4 heteroatoms. The van der Waals surface area contributed by atoms with Crippen molar-refractivity contribution >= 4 is 11.6 Å². The zero-order valence-electron chi connectivity index (χ0n) is 11.7. The predicted molar refractivity (Wildman–Crippen MR) is 78.2 cm³/mol. The standard InChI is InChI=1S/C15H23N3O/c1-11-3-5-13(6-4-11)18-10-12(2)9-17-15(19)14(18)7-8-16/h3-6,12,14H,7-10,16H2,1-2H3,(H,17,19). The highest BCUT2D eigenvalue weighted by Crippen LogP contribution is 2.22. The molecule has 0 aliphatic carbocycles. The summed E-state index contributed by atoms with van der Waals surface area (Å²) in [6.45, 7) is 6.37. The van der Waals surface area contributed by atoms with Gasteiger partial charge in [0.05, 0.1) is 0 Å². The van der Waals surface area contributed by atoms with E-state index in [9.17, 15) is 4.79 Å². The molecule has 1 aliphatic heterocycles. The summed E-state index contributed by atoms with van der Waals surface area (Å²) < 4.78 is 0. The van der Waals surface area contributed by atoms with Crippen LogP contribution in [0.15, 0.2) is 24.3 Å². The van der Waals surface area contributed by atoms with E-state index < -0.39 is 0 Å². The van der Waals surface area contributed by atoms with E-state index in [1.54, 1.807) is 0 Å². The van der Waals surface area contributed by atoms with Gasteiger partial charge in [-0.2, -0.15) is 0 Å². The van der Waals surface area contributed by atoms with Crippen LogP contribution in [0.2, 0.25) is 0 Å². The van der Waals surface area contributed by atoms with E-state index in [0.717, 1.165) is 18.8 Å². The fourth-order valence-electron chi connectivity index (χ4n) is 2.53. The Bertz CT molecular complexity index is 430. The van der Waals surface area contributed by atoms with Crippen LogP contribution in [0.1, 0.15) is 18.9 Å². The van der Waals surface area contributed by atoms with E-state index in [4.69, 9.17) is 5.73 Å². The quantitative estimate of drug-likeness (QED) is 0.862. The van der Waals surface area contributed by atoms with Crippen LogP contribution < -0.4 is 16.0 Å². The number of anilines is 1. The van der Waals surface area contributed by atoms with Crippen LogP contribution in [0.5, 0.6) is 0 Å². The smallest absolute Gasteiger partial charge is 0.242 e. The van der Waals surface area contributed by atoms with E-state index in [2.05, 4.69) is 48.3 Å². The average molecular weight is 261 g/mol. The SMILES string of the molecule is Cc1ccc(N2CC(C)CNC(=O)C2CCN)cc1. The second kappa shape index (κ2) is 6.06. The molecule has 2 rings (SSSR count). The number of benzene rings is 1. The first-order chi connectivity index (χ1) is 9.11. The molecule has 2 unspecified atom stereocenters. The van der Waals surface area contributed by atoms with Crippen molar-refractivity contribution in [3.8, 4) is 0 Å². The second-order valence-electron chi connectivity index (χ2n) is 5.43. The normalized spacial score (nSPS) is 23.9. The maximum absolute atomic E-state index is 12.2. The molecule has 0 radical (unpaired) electrons. The molecule has 1 aliphatic rings. The van der Waals surface area contributed by atoms with E-state index in [-0.39, 0.29) is 11.9 Å². The molecule has 1 aromatic rings. The van der Waals surface area contributed by atoms with E-state index in [0.29, 0.717) is 18.9 Å². The highest BCUT2D eigenvalue weighted by atomic mass is 16.2. The van der Waals surface area contributed by atoms with Gasteiger partial charge in [0, 0.05) is 18.8 Å². The van der Waals surface area contributed by atoms with Gasteiger partial charge in [0.15, 0.2) is 0 Å². The van der Waals surface area contributed by atoms with Gasteiger partial charge in [0.1, 0.15) is 6.04 Å². The largest absolute Gasteiger partial charge is 0.359 e. The van der Waals surface area contributed by atoms with Gasteiger partial charge in [-0.25, -0.2) is 0 Å². The van der Waals surface area contributed by atoms with E-state index >= 15 is 0 Å². The molecule has 1 amide bonds. The van der Waals surface area contributed by atoms with E-state index in [1.165, 1.54) is 5.56 Å². The van der Waals surface area contributed by atoms with Gasteiger partial charge in [-0.15, -0.1) is 0 Å². The molecule has 0 saturated carbocycles. The van der Waals surface area contributed by atoms with Crippen molar-refractivity contribution in [2.75, 3.05) is 24.5 Å². The molecule has 4 nitrogen and oxygen atoms in total. The molecular weight excluding hydrogens is 238 g/mol. The van der Waals surface area contributed by atoms with Crippen molar-refractivity contribution < 1.29 is 4.79 Å². The lowest BCUT2D eigenvalue weighted by molar-refractivity contribution is -0.122. The average Bonchev–Trinajstić information content (AvgIpc) is 2.53. The molecule has 19 heavy (non-hydrogen) atoms. The molecule has 3 N–H and O–H groups in total. The monoisotopic (exact) mass is 261 g/mol. The molecule has 1 heterocycles. The molecule has 1 fully saturated rings. The van der Waals surface area contributed by atoms with Gasteiger partial charge in [-0.05, 0) is 37.9 Å². The first-order valence-corrected chi connectivity index (χ1v) is 6.93. The highest BCUT2D eigenvalue weighted by molar-refractivity contribution is 5.85. The molecule has 104 valence electrons. The summed E-state index contributed by atoms with van der Waals surface area (Å²) in [5.74, 6) is 0.531. The number of carbonyl (C=O) groups excluding carboxylic acids is 1. The zero-order valence-corrected chi connectivity index (χ0v) is 11.7. The molecule has 0 spiro atoms. The summed E-state index contributed by atoms with van der Waals surface area (Å²) >= 11 is 0. The Hall–Kier alpha value is -1.55. The number of hydrogen-bond acceptors (Lipinski definition) is 3. The zero-order chi connectivity index (χ0) is 13.8. The fourth-order valence-corrected chi connectivity index (χ4v) is 2.53. The lowest BCUT2D eigenvalue weighted by Gasteiger charge is -2.31. The minimum atomic E-state index is -0.155. The Labute approximate surface area is 115 Å². The van der Waals surface area contributed by atoms with Crippen molar-refractivity contribution in [3.63, 3.8) is 0 Å². The van der Waals surface area contributed by atoms with Crippen molar-refractivity contribution in [2.24, 2.45) is 11.7 Å².